The standard InChI is InChI=1S/C14H20ClN3OS/c1-16-13-12(15)7-9(8-17-13)14(19)18-10-3-5-11(20-2)6-4-10/h7-8,10-11H,3-6H2,1-2H3,(H,16,17)(H,18,19). The summed E-state index contributed by atoms with van der Waals surface area (Å²) in [5, 5.41) is 7.16. The van der Waals surface area contributed by atoms with Crippen LogP contribution >= 0.6 is 23.4 Å². The van der Waals surface area contributed by atoms with Gasteiger partial charge < -0.3 is 10.6 Å². The number of nitrogens with zero attached hydrogens (tertiary/aromatic N) is 1. The molecule has 1 aliphatic carbocycles. The summed E-state index contributed by atoms with van der Waals surface area (Å²) >= 11 is 7.97. The van der Waals surface area contributed by atoms with Gasteiger partial charge in [0.25, 0.3) is 5.91 Å². The summed E-state index contributed by atoms with van der Waals surface area (Å²) < 4.78 is 0. The van der Waals surface area contributed by atoms with E-state index in [2.05, 4.69) is 21.9 Å². The van der Waals surface area contributed by atoms with Crippen LogP contribution in [0.5, 0.6) is 0 Å². The number of carbonyl (C=O) groups excluding carboxylic acids is 1. The van der Waals surface area contributed by atoms with Crippen LogP contribution in [0.3, 0.4) is 0 Å². The van der Waals surface area contributed by atoms with Gasteiger partial charge in [0.1, 0.15) is 5.82 Å². The normalized spacial score (nSPS) is 22.4. The maximum atomic E-state index is 12.2. The number of aromatic nitrogens is 1. The summed E-state index contributed by atoms with van der Waals surface area (Å²) in [6, 6.07) is 1.93. The average Bonchev–Trinajstić information content (AvgIpc) is 2.48. The van der Waals surface area contributed by atoms with Crippen molar-refractivity contribution in [2.24, 2.45) is 0 Å². The summed E-state index contributed by atoms with van der Waals surface area (Å²) in [5.74, 6) is 0.498. The number of anilines is 1. The summed E-state index contributed by atoms with van der Waals surface area (Å²) in [6.07, 6.45) is 8.15. The molecule has 1 fully saturated rings. The van der Waals surface area contributed by atoms with Gasteiger partial charge in [-0.1, -0.05) is 11.6 Å². The van der Waals surface area contributed by atoms with Gasteiger partial charge in [0, 0.05) is 24.5 Å². The number of carbonyl (C=O) groups is 1. The lowest BCUT2D eigenvalue weighted by atomic mass is 9.95. The van der Waals surface area contributed by atoms with Gasteiger partial charge in [0.05, 0.1) is 10.6 Å². The maximum Gasteiger partial charge on any atom is 0.253 e. The zero-order valence-electron chi connectivity index (χ0n) is 11.8. The van der Waals surface area contributed by atoms with Crippen LogP contribution in [0.15, 0.2) is 12.3 Å². The molecule has 1 aliphatic rings. The molecule has 0 aromatic carbocycles. The second kappa shape index (κ2) is 7.18. The Morgan fingerprint density at radius 1 is 1.40 bits per heavy atom. The summed E-state index contributed by atoms with van der Waals surface area (Å²) in [4.78, 5) is 16.3. The first-order valence-electron chi connectivity index (χ1n) is 6.81. The van der Waals surface area contributed by atoms with Crippen molar-refractivity contribution in [3.63, 3.8) is 0 Å². The molecular formula is C14H20ClN3OS. The molecule has 110 valence electrons. The Labute approximate surface area is 129 Å². The first kappa shape index (κ1) is 15.4. The number of hydrogen-bond donors (Lipinski definition) is 2. The van der Waals surface area contributed by atoms with Crippen LogP contribution in [0.4, 0.5) is 5.82 Å². The van der Waals surface area contributed by atoms with Crippen molar-refractivity contribution in [3.8, 4) is 0 Å². The smallest absolute Gasteiger partial charge is 0.253 e. The summed E-state index contributed by atoms with van der Waals surface area (Å²) in [6.45, 7) is 0. The van der Waals surface area contributed by atoms with Crippen LogP contribution in [0.2, 0.25) is 5.02 Å². The largest absolute Gasteiger partial charge is 0.372 e. The molecule has 0 saturated heterocycles. The van der Waals surface area contributed by atoms with Crippen molar-refractivity contribution >= 4 is 35.1 Å². The first-order chi connectivity index (χ1) is 9.63. The third kappa shape index (κ3) is 3.79. The van der Waals surface area contributed by atoms with E-state index in [1.807, 2.05) is 11.8 Å². The van der Waals surface area contributed by atoms with Crippen molar-refractivity contribution in [1.82, 2.24) is 10.3 Å². The molecule has 4 nitrogen and oxygen atoms in total. The minimum absolute atomic E-state index is 0.0883. The van der Waals surface area contributed by atoms with Gasteiger partial charge in [-0.3, -0.25) is 4.79 Å². The SMILES string of the molecule is CNc1ncc(C(=O)NC2CCC(SC)CC2)cc1Cl. The van der Waals surface area contributed by atoms with Crippen molar-refractivity contribution < 1.29 is 4.79 Å². The van der Waals surface area contributed by atoms with E-state index in [-0.39, 0.29) is 11.9 Å². The Balaban J connectivity index is 1.93. The van der Waals surface area contributed by atoms with E-state index in [0.29, 0.717) is 16.4 Å². The van der Waals surface area contributed by atoms with Crippen LogP contribution in [-0.4, -0.2) is 35.5 Å². The fourth-order valence-corrected chi connectivity index (χ4v) is 3.46. The number of thioether (sulfide) groups is 1. The lowest BCUT2D eigenvalue weighted by Crippen LogP contribution is -2.38. The monoisotopic (exact) mass is 313 g/mol. The van der Waals surface area contributed by atoms with E-state index < -0.39 is 0 Å². The average molecular weight is 314 g/mol. The Morgan fingerprint density at radius 2 is 2.10 bits per heavy atom. The minimum atomic E-state index is -0.0883. The van der Waals surface area contributed by atoms with E-state index in [1.54, 1.807) is 19.3 Å². The topological polar surface area (TPSA) is 54.0 Å². The molecule has 2 rings (SSSR count). The fourth-order valence-electron chi connectivity index (χ4n) is 2.46. The highest BCUT2D eigenvalue weighted by Crippen LogP contribution is 2.27. The minimum Gasteiger partial charge on any atom is -0.372 e. The molecule has 0 unspecified atom stereocenters. The van der Waals surface area contributed by atoms with Gasteiger partial charge in [-0.25, -0.2) is 4.98 Å². The third-order valence-corrected chi connectivity index (χ3v) is 5.11. The highest BCUT2D eigenvalue weighted by molar-refractivity contribution is 7.99. The molecule has 0 atom stereocenters. The van der Waals surface area contributed by atoms with E-state index in [4.69, 9.17) is 11.6 Å². The predicted octanol–water partition coefficient (Wildman–Crippen LogP) is 3.18. The lowest BCUT2D eigenvalue weighted by Gasteiger charge is -2.28. The Morgan fingerprint density at radius 3 is 2.65 bits per heavy atom. The van der Waals surface area contributed by atoms with Crippen molar-refractivity contribution in [2.75, 3.05) is 18.6 Å². The molecule has 0 bridgehead atoms. The Hall–Kier alpha value is -0.940. The van der Waals surface area contributed by atoms with Gasteiger partial charge in [0.2, 0.25) is 0 Å². The van der Waals surface area contributed by atoms with Crippen molar-refractivity contribution in [1.29, 1.82) is 0 Å². The van der Waals surface area contributed by atoms with Crippen molar-refractivity contribution in [3.05, 3.63) is 22.8 Å². The zero-order valence-corrected chi connectivity index (χ0v) is 13.4. The molecule has 1 heterocycles. The number of pyridine rings is 1. The van der Waals surface area contributed by atoms with E-state index in [0.717, 1.165) is 18.1 Å². The van der Waals surface area contributed by atoms with E-state index in [9.17, 15) is 4.79 Å². The Bertz CT molecular complexity index is 475. The van der Waals surface area contributed by atoms with Crippen LogP contribution < -0.4 is 10.6 Å². The number of nitrogens with one attached hydrogen (secondary N) is 2. The molecule has 1 aromatic rings. The second-order valence-electron chi connectivity index (χ2n) is 4.99. The highest BCUT2D eigenvalue weighted by atomic mass is 35.5. The fraction of sp³-hybridized carbons (Fsp3) is 0.571. The van der Waals surface area contributed by atoms with Crippen LogP contribution in [0.1, 0.15) is 36.0 Å². The van der Waals surface area contributed by atoms with Gasteiger partial charge in [0.15, 0.2) is 0 Å². The zero-order chi connectivity index (χ0) is 14.5. The first-order valence-corrected chi connectivity index (χ1v) is 8.47. The predicted molar refractivity (Wildman–Crippen MR) is 85.8 cm³/mol. The summed E-state index contributed by atoms with van der Waals surface area (Å²) in [7, 11) is 1.75. The molecule has 0 radical (unpaired) electrons. The quantitative estimate of drug-likeness (QED) is 0.896. The maximum absolute atomic E-state index is 12.2. The van der Waals surface area contributed by atoms with Crippen LogP contribution in [0, 0.1) is 0 Å². The molecule has 0 spiro atoms. The molecule has 1 saturated carbocycles. The van der Waals surface area contributed by atoms with Crippen molar-refractivity contribution in [2.45, 2.75) is 37.0 Å². The second-order valence-corrected chi connectivity index (χ2v) is 6.53. The molecule has 1 amide bonds. The van der Waals surface area contributed by atoms with Gasteiger partial charge in [-0.15, -0.1) is 0 Å². The Kier molecular flexibility index (Phi) is 5.54. The van der Waals surface area contributed by atoms with E-state index >= 15 is 0 Å². The van der Waals surface area contributed by atoms with E-state index in [1.165, 1.54) is 12.8 Å². The van der Waals surface area contributed by atoms with Gasteiger partial charge in [-0.2, -0.15) is 11.8 Å². The number of halogens is 1. The van der Waals surface area contributed by atoms with Gasteiger partial charge in [-0.05, 0) is 38.0 Å². The highest BCUT2D eigenvalue weighted by Gasteiger charge is 2.22. The molecular weight excluding hydrogens is 294 g/mol. The number of amides is 1. The number of hydrogen-bond acceptors (Lipinski definition) is 4. The number of rotatable bonds is 4. The van der Waals surface area contributed by atoms with Gasteiger partial charge >= 0.3 is 0 Å². The molecule has 2 N–H and O–H groups in total. The van der Waals surface area contributed by atoms with Crippen LogP contribution in [0.25, 0.3) is 0 Å². The molecule has 20 heavy (non-hydrogen) atoms. The molecule has 0 aliphatic heterocycles. The van der Waals surface area contributed by atoms with Crippen LogP contribution in [-0.2, 0) is 0 Å². The summed E-state index contributed by atoms with van der Waals surface area (Å²) in [5.41, 5.74) is 0.515. The third-order valence-electron chi connectivity index (χ3n) is 3.68. The molecule has 1 aromatic heterocycles. The lowest BCUT2D eigenvalue weighted by molar-refractivity contribution is 0.0928. The molecule has 6 heteroatoms.